The van der Waals surface area contributed by atoms with Crippen LogP contribution >= 0.6 is 27.5 Å². The predicted octanol–water partition coefficient (Wildman–Crippen LogP) is 5.13. The van der Waals surface area contributed by atoms with Gasteiger partial charge in [-0.3, -0.25) is 0 Å². The lowest BCUT2D eigenvalue weighted by atomic mass is 10.2. The van der Waals surface area contributed by atoms with Crippen LogP contribution in [0.15, 0.2) is 40.9 Å². The lowest BCUT2D eigenvalue weighted by Gasteiger charge is -2.10. The normalized spacial score (nSPS) is 10.4. The molecule has 0 unspecified atom stereocenters. The summed E-state index contributed by atoms with van der Waals surface area (Å²) >= 11 is 9.41. The van der Waals surface area contributed by atoms with Crippen molar-refractivity contribution in [3.63, 3.8) is 0 Å². The number of aryl methyl sites for hydroxylation is 1. The number of hydrogen-bond acceptors (Lipinski definition) is 1. The van der Waals surface area contributed by atoms with Gasteiger partial charge >= 0.3 is 0 Å². The Morgan fingerprint density at radius 3 is 2.72 bits per heavy atom. The van der Waals surface area contributed by atoms with E-state index in [9.17, 15) is 4.39 Å². The highest BCUT2D eigenvalue weighted by Crippen LogP contribution is 2.27. The minimum absolute atomic E-state index is 0.307. The van der Waals surface area contributed by atoms with Crippen LogP contribution in [0.5, 0.6) is 5.75 Å². The molecule has 0 atom stereocenters. The van der Waals surface area contributed by atoms with Gasteiger partial charge in [-0.25, -0.2) is 4.39 Å². The van der Waals surface area contributed by atoms with Gasteiger partial charge in [0.1, 0.15) is 18.2 Å². The van der Waals surface area contributed by atoms with Crippen molar-refractivity contribution in [3.05, 3.63) is 62.8 Å². The number of benzene rings is 2. The summed E-state index contributed by atoms with van der Waals surface area (Å²) in [5.41, 5.74) is 1.97. The van der Waals surface area contributed by atoms with Crippen molar-refractivity contribution < 1.29 is 9.13 Å². The van der Waals surface area contributed by atoms with E-state index in [1.165, 1.54) is 12.1 Å². The maximum absolute atomic E-state index is 13.1. The summed E-state index contributed by atoms with van der Waals surface area (Å²) < 4.78 is 19.3. The first-order valence-corrected chi connectivity index (χ1v) is 6.56. The van der Waals surface area contributed by atoms with Crippen molar-refractivity contribution in [3.8, 4) is 5.75 Å². The average molecular weight is 330 g/mol. The molecular formula is C14H11BrClFO. The molecule has 0 aliphatic carbocycles. The fourth-order valence-corrected chi connectivity index (χ4v) is 2.16. The van der Waals surface area contributed by atoms with E-state index in [-0.39, 0.29) is 5.82 Å². The molecule has 0 saturated carbocycles. The zero-order chi connectivity index (χ0) is 13.1. The molecule has 94 valence electrons. The predicted molar refractivity (Wildman–Crippen MR) is 74.6 cm³/mol. The van der Waals surface area contributed by atoms with Gasteiger partial charge in [0.2, 0.25) is 0 Å². The first-order valence-electron chi connectivity index (χ1n) is 5.39. The highest BCUT2D eigenvalue weighted by molar-refractivity contribution is 9.10. The summed E-state index contributed by atoms with van der Waals surface area (Å²) in [6.45, 7) is 2.28. The lowest BCUT2D eigenvalue weighted by Crippen LogP contribution is -1.97. The van der Waals surface area contributed by atoms with E-state index in [1.807, 2.05) is 25.1 Å². The smallest absolute Gasteiger partial charge is 0.136 e. The third-order valence-corrected chi connectivity index (χ3v) is 3.49. The highest BCUT2D eigenvalue weighted by atomic mass is 79.9. The molecule has 4 heteroatoms. The first kappa shape index (κ1) is 13.4. The van der Waals surface area contributed by atoms with Gasteiger partial charge in [-0.2, -0.15) is 0 Å². The zero-order valence-electron chi connectivity index (χ0n) is 9.71. The van der Waals surface area contributed by atoms with Crippen LogP contribution in [-0.2, 0) is 6.61 Å². The molecule has 0 heterocycles. The summed E-state index contributed by atoms with van der Waals surface area (Å²) in [6.07, 6.45) is 0. The maximum Gasteiger partial charge on any atom is 0.136 e. The number of ether oxygens (including phenoxy) is 1. The molecule has 1 nitrogen and oxygen atoms in total. The fourth-order valence-electron chi connectivity index (χ4n) is 1.51. The largest absolute Gasteiger partial charge is 0.488 e. The molecule has 2 aromatic rings. The van der Waals surface area contributed by atoms with Crippen LogP contribution < -0.4 is 4.74 Å². The van der Waals surface area contributed by atoms with Gasteiger partial charge in [0.25, 0.3) is 0 Å². The first-order chi connectivity index (χ1) is 8.56. The Kier molecular flexibility index (Phi) is 4.25. The van der Waals surface area contributed by atoms with Crippen molar-refractivity contribution in [2.75, 3.05) is 0 Å². The van der Waals surface area contributed by atoms with Crippen molar-refractivity contribution in [2.45, 2.75) is 13.5 Å². The summed E-state index contributed by atoms with van der Waals surface area (Å²) in [7, 11) is 0. The monoisotopic (exact) mass is 328 g/mol. The second-order valence-electron chi connectivity index (χ2n) is 3.96. The van der Waals surface area contributed by atoms with Gasteiger partial charge < -0.3 is 4.74 Å². The summed E-state index contributed by atoms with van der Waals surface area (Å²) in [5.74, 6) is 0.134. The summed E-state index contributed by atoms with van der Waals surface area (Å²) in [6, 6.07) is 10.1. The maximum atomic E-state index is 13.1. The molecule has 0 saturated heterocycles. The molecule has 0 aromatic heterocycles. The van der Waals surface area contributed by atoms with Crippen LogP contribution in [-0.4, -0.2) is 0 Å². The van der Waals surface area contributed by atoms with Crippen LogP contribution in [0.25, 0.3) is 0 Å². The van der Waals surface area contributed by atoms with E-state index in [4.69, 9.17) is 16.3 Å². The van der Waals surface area contributed by atoms with Crippen LogP contribution in [0.3, 0.4) is 0 Å². The number of halogens is 3. The Balaban J connectivity index is 2.13. The summed E-state index contributed by atoms with van der Waals surface area (Å²) in [4.78, 5) is 0. The second kappa shape index (κ2) is 5.72. The van der Waals surface area contributed by atoms with Crippen molar-refractivity contribution in [2.24, 2.45) is 0 Å². The van der Waals surface area contributed by atoms with Gasteiger partial charge in [-0.15, -0.1) is 0 Å². The highest BCUT2D eigenvalue weighted by Gasteiger charge is 2.05. The van der Waals surface area contributed by atoms with E-state index in [0.29, 0.717) is 21.9 Å². The van der Waals surface area contributed by atoms with Gasteiger partial charge in [-0.05, 0) is 46.6 Å². The van der Waals surface area contributed by atoms with Gasteiger partial charge in [0.05, 0.1) is 4.47 Å². The molecule has 0 radical (unpaired) electrons. The fraction of sp³-hybridized carbons (Fsp3) is 0.143. The standard InChI is InChI=1S/C14H11BrClFO/c1-9-2-3-10(13(16)6-9)8-18-14-7-11(17)4-5-12(14)15/h2-7H,8H2,1H3. The van der Waals surface area contributed by atoms with Crippen molar-refractivity contribution in [1.82, 2.24) is 0 Å². The summed E-state index contributed by atoms with van der Waals surface area (Å²) in [5, 5.41) is 0.655. The van der Waals surface area contributed by atoms with Crippen LogP contribution in [0.1, 0.15) is 11.1 Å². The SMILES string of the molecule is Cc1ccc(COc2cc(F)ccc2Br)c(Cl)c1. The molecule has 2 rings (SSSR count). The van der Waals surface area contributed by atoms with Crippen molar-refractivity contribution in [1.29, 1.82) is 0 Å². The number of rotatable bonds is 3. The Morgan fingerprint density at radius 2 is 2.00 bits per heavy atom. The lowest BCUT2D eigenvalue weighted by molar-refractivity contribution is 0.302. The zero-order valence-corrected chi connectivity index (χ0v) is 12.1. The minimum Gasteiger partial charge on any atom is -0.488 e. The minimum atomic E-state index is -0.330. The van der Waals surface area contributed by atoms with Crippen LogP contribution in [0, 0.1) is 12.7 Å². The molecule has 0 spiro atoms. The molecule has 0 N–H and O–H groups in total. The molecule has 18 heavy (non-hydrogen) atoms. The van der Waals surface area contributed by atoms with E-state index in [0.717, 1.165) is 11.1 Å². The van der Waals surface area contributed by atoms with Crippen LogP contribution in [0.4, 0.5) is 4.39 Å². The third-order valence-electron chi connectivity index (χ3n) is 2.48. The van der Waals surface area contributed by atoms with E-state index >= 15 is 0 Å². The quantitative estimate of drug-likeness (QED) is 0.758. The van der Waals surface area contributed by atoms with Crippen LogP contribution in [0.2, 0.25) is 5.02 Å². The Hall–Kier alpha value is -1.06. The topological polar surface area (TPSA) is 9.23 Å². The van der Waals surface area contributed by atoms with Crippen molar-refractivity contribution >= 4 is 27.5 Å². The molecule has 2 aromatic carbocycles. The molecule has 0 fully saturated rings. The second-order valence-corrected chi connectivity index (χ2v) is 5.22. The van der Waals surface area contributed by atoms with E-state index in [2.05, 4.69) is 15.9 Å². The molecule has 0 amide bonds. The molecule has 0 aliphatic rings. The van der Waals surface area contributed by atoms with E-state index in [1.54, 1.807) is 6.07 Å². The Morgan fingerprint density at radius 1 is 1.22 bits per heavy atom. The molecular weight excluding hydrogens is 319 g/mol. The Labute approximate surface area is 119 Å². The van der Waals surface area contributed by atoms with E-state index < -0.39 is 0 Å². The number of hydrogen-bond donors (Lipinski definition) is 0. The van der Waals surface area contributed by atoms with Gasteiger partial charge in [-0.1, -0.05) is 23.7 Å². The van der Waals surface area contributed by atoms with Gasteiger partial charge in [0, 0.05) is 16.7 Å². The Bertz CT molecular complexity index is 572. The average Bonchev–Trinajstić information content (AvgIpc) is 2.32. The molecule has 0 bridgehead atoms. The van der Waals surface area contributed by atoms with Gasteiger partial charge in [0.15, 0.2) is 0 Å². The molecule has 0 aliphatic heterocycles. The third kappa shape index (κ3) is 3.24.